The highest BCUT2D eigenvalue weighted by Gasteiger charge is 2.09. The molecule has 8 heteroatoms. The molecule has 7 nitrogen and oxygen atoms in total. The van der Waals surface area contributed by atoms with Crippen molar-refractivity contribution in [1.29, 1.82) is 10.7 Å². The van der Waals surface area contributed by atoms with Gasteiger partial charge in [0.2, 0.25) is 11.6 Å². The van der Waals surface area contributed by atoms with Gasteiger partial charge in [-0.2, -0.15) is 10.4 Å². The van der Waals surface area contributed by atoms with Gasteiger partial charge in [-0.1, -0.05) is 22.0 Å². The average Bonchev–Trinajstić information content (AvgIpc) is 2.98. The van der Waals surface area contributed by atoms with Crippen LogP contribution in [0.15, 0.2) is 56.5 Å². The predicted molar refractivity (Wildman–Crippen MR) is 95.7 cm³/mol. The number of aromatic nitrogens is 1. The molecule has 0 saturated carbocycles. The van der Waals surface area contributed by atoms with Gasteiger partial charge in [0.15, 0.2) is 11.4 Å². The molecule has 0 spiro atoms. The lowest BCUT2D eigenvalue weighted by atomic mass is 10.2. The van der Waals surface area contributed by atoms with Crippen LogP contribution in [0.1, 0.15) is 0 Å². The largest absolute Gasteiger partial charge is 0.436 e. The van der Waals surface area contributed by atoms with E-state index in [-0.39, 0.29) is 5.71 Å². The second-order valence-corrected chi connectivity index (χ2v) is 5.73. The topological polar surface area (TPSA) is 124 Å². The number of nitrogens with one attached hydrogen (secondary N) is 2. The van der Waals surface area contributed by atoms with Gasteiger partial charge in [-0.3, -0.25) is 10.8 Å². The minimum Gasteiger partial charge on any atom is -0.436 e. The van der Waals surface area contributed by atoms with Crippen molar-refractivity contribution in [3.63, 3.8) is 0 Å². The molecule has 2 aromatic carbocycles. The number of nitrogens with two attached hydrogens (primary N) is 1. The normalized spacial score (nSPS) is 11.2. The average molecular weight is 383 g/mol. The second-order valence-electron chi connectivity index (χ2n) is 4.81. The van der Waals surface area contributed by atoms with Crippen LogP contribution in [0.4, 0.5) is 5.69 Å². The van der Waals surface area contributed by atoms with Crippen LogP contribution in [-0.4, -0.2) is 16.5 Å². The predicted octanol–water partition coefficient (Wildman–Crippen LogP) is 3.48. The molecular weight excluding hydrogens is 372 g/mol. The number of fused-ring (bicyclic) bond motifs is 1. The summed E-state index contributed by atoms with van der Waals surface area (Å²) in [6.45, 7) is 0. The molecule has 24 heavy (non-hydrogen) atoms. The van der Waals surface area contributed by atoms with E-state index in [2.05, 4.69) is 31.4 Å². The fourth-order valence-corrected chi connectivity index (χ4v) is 2.41. The molecule has 1 heterocycles. The van der Waals surface area contributed by atoms with Crippen LogP contribution in [0.3, 0.4) is 0 Å². The maximum atomic E-state index is 8.83. The summed E-state index contributed by atoms with van der Waals surface area (Å²) in [6, 6.07) is 14.6. The molecule has 0 atom stereocenters. The van der Waals surface area contributed by atoms with Crippen molar-refractivity contribution in [2.24, 2.45) is 10.8 Å². The zero-order valence-electron chi connectivity index (χ0n) is 12.2. The van der Waals surface area contributed by atoms with E-state index in [1.165, 1.54) is 0 Å². The number of nitriles is 1. The van der Waals surface area contributed by atoms with Crippen molar-refractivity contribution in [1.82, 2.24) is 4.98 Å². The number of nitrogens with zero attached hydrogens (tertiary/aromatic N) is 3. The maximum Gasteiger partial charge on any atom is 0.227 e. The zero-order chi connectivity index (χ0) is 17.1. The highest BCUT2D eigenvalue weighted by atomic mass is 79.9. The van der Waals surface area contributed by atoms with Crippen LogP contribution >= 0.6 is 15.9 Å². The van der Waals surface area contributed by atoms with Crippen LogP contribution in [0.5, 0.6) is 0 Å². The van der Waals surface area contributed by atoms with Gasteiger partial charge < -0.3 is 10.2 Å². The van der Waals surface area contributed by atoms with Crippen LogP contribution in [0.2, 0.25) is 0 Å². The summed E-state index contributed by atoms with van der Waals surface area (Å²) >= 11 is 3.42. The Balaban J connectivity index is 1.92. The Hall–Kier alpha value is -3.18. The quantitative estimate of drug-likeness (QED) is 0.361. The first-order chi connectivity index (χ1) is 11.6. The fraction of sp³-hybridized carbons (Fsp3) is 0. The number of hydrazone groups is 1. The van der Waals surface area contributed by atoms with Gasteiger partial charge in [-0.05, 0) is 36.4 Å². The van der Waals surface area contributed by atoms with Gasteiger partial charge >= 0.3 is 0 Å². The number of halogens is 1. The number of benzene rings is 2. The molecule has 118 valence electrons. The standard InChI is InChI=1S/C16H11BrN6O/c17-10-3-1-2-9(6-10)16-21-12-7-11(4-5-14(12)24-16)22-23-13(8-18)15(19)20/h1-7,22H,(H3,19,20)/b23-13+. The third kappa shape index (κ3) is 3.26. The maximum absolute atomic E-state index is 8.83. The molecule has 0 saturated heterocycles. The summed E-state index contributed by atoms with van der Waals surface area (Å²) < 4.78 is 6.68. The van der Waals surface area contributed by atoms with Crippen molar-refractivity contribution < 1.29 is 4.42 Å². The van der Waals surface area contributed by atoms with Gasteiger partial charge in [0.1, 0.15) is 11.6 Å². The van der Waals surface area contributed by atoms with Crippen molar-refractivity contribution in [3.05, 3.63) is 46.9 Å². The number of rotatable bonds is 4. The summed E-state index contributed by atoms with van der Waals surface area (Å²) in [6.07, 6.45) is 0. The van der Waals surface area contributed by atoms with Gasteiger partial charge in [-0.25, -0.2) is 4.98 Å². The van der Waals surface area contributed by atoms with Crippen LogP contribution in [-0.2, 0) is 0 Å². The Morgan fingerprint density at radius 2 is 2.17 bits per heavy atom. The van der Waals surface area contributed by atoms with Crippen LogP contribution in [0, 0.1) is 16.7 Å². The van der Waals surface area contributed by atoms with Gasteiger partial charge in [0.05, 0.1) is 5.69 Å². The van der Waals surface area contributed by atoms with E-state index in [1.54, 1.807) is 24.3 Å². The highest BCUT2D eigenvalue weighted by molar-refractivity contribution is 9.10. The Morgan fingerprint density at radius 1 is 1.33 bits per heavy atom. The first-order valence-electron chi connectivity index (χ1n) is 6.81. The number of hydrogen-bond donors (Lipinski definition) is 3. The number of oxazole rings is 1. The summed E-state index contributed by atoms with van der Waals surface area (Å²) in [7, 11) is 0. The molecule has 0 unspecified atom stereocenters. The summed E-state index contributed by atoms with van der Waals surface area (Å²) in [5.74, 6) is 0.109. The smallest absolute Gasteiger partial charge is 0.227 e. The minimum atomic E-state index is -0.399. The lowest BCUT2D eigenvalue weighted by molar-refractivity contribution is 0.620. The van der Waals surface area contributed by atoms with Gasteiger partial charge in [0, 0.05) is 10.0 Å². The van der Waals surface area contributed by atoms with E-state index in [9.17, 15) is 0 Å². The Bertz CT molecular complexity index is 1000. The third-order valence-electron chi connectivity index (χ3n) is 3.12. The van der Waals surface area contributed by atoms with E-state index in [0.29, 0.717) is 22.7 Å². The molecule has 0 aliphatic rings. The summed E-state index contributed by atoms with van der Waals surface area (Å²) in [4.78, 5) is 4.46. The highest BCUT2D eigenvalue weighted by Crippen LogP contribution is 2.27. The zero-order valence-corrected chi connectivity index (χ0v) is 13.8. The molecule has 0 fully saturated rings. The Labute approximate surface area is 145 Å². The molecule has 0 amide bonds. The van der Waals surface area contributed by atoms with E-state index >= 15 is 0 Å². The molecule has 0 radical (unpaired) electrons. The lowest BCUT2D eigenvalue weighted by Crippen LogP contribution is -2.21. The molecule has 0 aliphatic carbocycles. The SMILES string of the molecule is N#C/C(=N\Nc1ccc2oc(-c3cccc(Br)c3)nc2c1)C(=N)N. The van der Waals surface area contributed by atoms with Crippen molar-refractivity contribution in [3.8, 4) is 17.5 Å². The number of amidine groups is 1. The van der Waals surface area contributed by atoms with Gasteiger partial charge in [0.25, 0.3) is 0 Å². The van der Waals surface area contributed by atoms with E-state index in [0.717, 1.165) is 10.0 Å². The van der Waals surface area contributed by atoms with E-state index < -0.39 is 5.84 Å². The van der Waals surface area contributed by atoms with Gasteiger partial charge in [-0.15, -0.1) is 0 Å². The van der Waals surface area contributed by atoms with Crippen molar-refractivity contribution >= 4 is 44.3 Å². The summed E-state index contributed by atoms with van der Waals surface area (Å²) in [5.41, 5.74) is 10.5. The second kappa shape index (κ2) is 6.52. The van der Waals surface area contributed by atoms with E-state index in [4.69, 9.17) is 20.8 Å². The Morgan fingerprint density at radius 3 is 2.88 bits per heavy atom. The molecule has 0 bridgehead atoms. The molecule has 0 aliphatic heterocycles. The van der Waals surface area contributed by atoms with Crippen LogP contribution < -0.4 is 11.2 Å². The molecule has 3 aromatic rings. The minimum absolute atomic E-state index is 0.190. The fourth-order valence-electron chi connectivity index (χ4n) is 2.01. The molecule has 3 rings (SSSR count). The lowest BCUT2D eigenvalue weighted by Gasteiger charge is -2.00. The Kier molecular flexibility index (Phi) is 4.26. The number of anilines is 1. The van der Waals surface area contributed by atoms with Crippen LogP contribution in [0.25, 0.3) is 22.6 Å². The first-order valence-corrected chi connectivity index (χ1v) is 7.61. The molecule has 4 N–H and O–H groups in total. The molecule has 1 aromatic heterocycles. The summed E-state index contributed by atoms with van der Waals surface area (Å²) in [5, 5.41) is 19.8. The molecular formula is C16H11BrN6O. The van der Waals surface area contributed by atoms with Crippen molar-refractivity contribution in [2.75, 3.05) is 5.43 Å². The first kappa shape index (κ1) is 15.7. The van der Waals surface area contributed by atoms with Crippen molar-refractivity contribution in [2.45, 2.75) is 0 Å². The third-order valence-corrected chi connectivity index (χ3v) is 3.61. The monoisotopic (exact) mass is 382 g/mol. The number of hydrogen-bond acceptors (Lipinski definition) is 6. The van der Waals surface area contributed by atoms with E-state index in [1.807, 2.05) is 24.3 Å².